The molecule has 1 aliphatic rings. The summed E-state index contributed by atoms with van der Waals surface area (Å²) in [5.41, 5.74) is 9.52. The lowest BCUT2D eigenvalue weighted by Gasteiger charge is -2.15. The van der Waals surface area contributed by atoms with Crippen LogP contribution in [-0.4, -0.2) is 5.54 Å². The van der Waals surface area contributed by atoms with Gasteiger partial charge in [-0.15, -0.1) is 0 Å². The largest absolute Gasteiger partial charge is 0.316 e. The van der Waals surface area contributed by atoms with Gasteiger partial charge in [0.05, 0.1) is 5.54 Å². The molecular formula is C15H19N. The van der Waals surface area contributed by atoms with Crippen LogP contribution in [0.25, 0.3) is 0 Å². The van der Waals surface area contributed by atoms with E-state index in [9.17, 15) is 0 Å². The maximum atomic E-state index is 5.85. The minimum atomic E-state index is -0.407. The summed E-state index contributed by atoms with van der Waals surface area (Å²) in [6.07, 6.45) is 5.07. The molecule has 0 spiro atoms. The molecule has 2 N–H and O–H groups in total. The summed E-state index contributed by atoms with van der Waals surface area (Å²) in [6.45, 7) is 3.86. The van der Waals surface area contributed by atoms with Crippen molar-refractivity contribution in [2.75, 3.05) is 0 Å². The van der Waals surface area contributed by atoms with Gasteiger partial charge in [-0.2, -0.15) is 0 Å². The molecule has 0 bridgehead atoms. The van der Waals surface area contributed by atoms with E-state index in [1.54, 1.807) is 0 Å². The molecule has 0 heterocycles. The fourth-order valence-electron chi connectivity index (χ4n) is 2.04. The Balaban J connectivity index is 2.26. The van der Waals surface area contributed by atoms with Gasteiger partial charge in [-0.3, -0.25) is 0 Å². The zero-order valence-corrected chi connectivity index (χ0v) is 10.1. The van der Waals surface area contributed by atoms with Gasteiger partial charge < -0.3 is 5.73 Å². The normalized spacial score (nSPS) is 14.9. The lowest BCUT2D eigenvalue weighted by molar-refractivity contribution is 0.680. The van der Waals surface area contributed by atoms with Crippen LogP contribution in [0.5, 0.6) is 0 Å². The van der Waals surface area contributed by atoms with Crippen molar-refractivity contribution in [2.24, 2.45) is 5.73 Å². The number of fused-ring (bicyclic) bond motifs is 1. The molecule has 0 atom stereocenters. The molecule has 0 aliphatic heterocycles. The van der Waals surface area contributed by atoms with Gasteiger partial charge in [0.25, 0.3) is 0 Å². The second kappa shape index (κ2) is 4.31. The third kappa shape index (κ3) is 2.87. The highest BCUT2D eigenvalue weighted by molar-refractivity contribution is 5.43. The number of rotatable bonds is 0. The van der Waals surface area contributed by atoms with Gasteiger partial charge in [0, 0.05) is 5.56 Å². The quantitative estimate of drug-likeness (QED) is 0.659. The maximum Gasteiger partial charge on any atom is 0.0722 e. The van der Waals surface area contributed by atoms with Crippen molar-refractivity contribution in [3.8, 4) is 11.8 Å². The Morgan fingerprint density at radius 3 is 2.50 bits per heavy atom. The van der Waals surface area contributed by atoms with Crippen LogP contribution in [0, 0.1) is 11.8 Å². The van der Waals surface area contributed by atoms with Crippen LogP contribution >= 0.6 is 0 Å². The standard InChI is InChI=1S/C15H19N/c1-15(2,16)10-9-12-7-8-13-5-3-4-6-14(13)11-12/h7-8,11H,3-6,16H2,1-2H3. The Kier molecular flexibility index (Phi) is 3.03. The van der Waals surface area contributed by atoms with Gasteiger partial charge in [-0.25, -0.2) is 0 Å². The van der Waals surface area contributed by atoms with Crippen molar-refractivity contribution in [2.45, 2.75) is 45.1 Å². The lowest BCUT2D eigenvalue weighted by Crippen LogP contribution is -2.29. The Morgan fingerprint density at radius 2 is 1.81 bits per heavy atom. The molecule has 0 saturated heterocycles. The zero-order valence-electron chi connectivity index (χ0n) is 10.1. The number of nitrogens with two attached hydrogens (primary N) is 1. The second-order valence-electron chi connectivity index (χ2n) is 5.16. The molecule has 16 heavy (non-hydrogen) atoms. The zero-order chi connectivity index (χ0) is 11.6. The molecule has 84 valence electrons. The average molecular weight is 213 g/mol. The average Bonchev–Trinajstić information content (AvgIpc) is 2.25. The molecule has 0 saturated carbocycles. The fourth-order valence-corrected chi connectivity index (χ4v) is 2.04. The number of benzene rings is 1. The molecule has 0 amide bonds. The molecule has 1 aromatic rings. The van der Waals surface area contributed by atoms with E-state index in [4.69, 9.17) is 5.73 Å². The number of hydrogen-bond acceptors (Lipinski definition) is 1. The van der Waals surface area contributed by atoms with Crippen LogP contribution in [0.15, 0.2) is 18.2 Å². The van der Waals surface area contributed by atoms with Gasteiger partial charge >= 0.3 is 0 Å². The van der Waals surface area contributed by atoms with E-state index in [0.29, 0.717) is 0 Å². The van der Waals surface area contributed by atoms with Crippen molar-refractivity contribution in [1.82, 2.24) is 0 Å². The molecule has 1 aromatic carbocycles. The monoisotopic (exact) mass is 213 g/mol. The van der Waals surface area contributed by atoms with E-state index in [1.807, 2.05) is 13.8 Å². The Labute approximate surface area is 98.0 Å². The molecule has 0 fully saturated rings. The first-order valence-electron chi connectivity index (χ1n) is 5.98. The van der Waals surface area contributed by atoms with Gasteiger partial charge in [-0.05, 0) is 62.8 Å². The minimum absolute atomic E-state index is 0.407. The van der Waals surface area contributed by atoms with E-state index >= 15 is 0 Å². The Morgan fingerprint density at radius 1 is 1.12 bits per heavy atom. The summed E-state index contributed by atoms with van der Waals surface area (Å²) in [4.78, 5) is 0. The molecule has 1 aliphatic carbocycles. The van der Waals surface area contributed by atoms with E-state index in [2.05, 4.69) is 30.0 Å². The fraction of sp³-hybridized carbons (Fsp3) is 0.467. The molecule has 1 nitrogen and oxygen atoms in total. The molecule has 2 rings (SSSR count). The van der Waals surface area contributed by atoms with Crippen molar-refractivity contribution in [1.29, 1.82) is 0 Å². The third-order valence-corrected chi connectivity index (χ3v) is 2.88. The van der Waals surface area contributed by atoms with Crippen LogP contribution in [0.3, 0.4) is 0 Å². The van der Waals surface area contributed by atoms with Crippen LogP contribution in [0.4, 0.5) is 0 Å². The first-order valence-corrected chi connectivity index (χ1v) is 5.98. The van der Waals surface area contributed by atoms with Gasteiger partial charge in [0.1, 0.15) is 0 Å². The highest BCUT2D eigenvalue weighted by Crippen LogP contribution is 2.21. The lowest BCUT2D eigenvalue weighted by atomic mass is 9.90. The summed E-state index contributed by atoms with van der Waals surface area (Å²) in [6, 6.07) is 6.57. The smallest absolute Gasteiger partial charge is 0.0722 e. The van der Waals surface area contributed by atoms with E-state index in [-0.39, 0.29) is 0 Å². The van der Waals surface area contributed by atoms with Gasteiger partial charge in [0.2, 0.25) is 0 Å². The summed E-state index contributed by atoms with van der Waals surface area (Å²) >= 11 is 0. The molecule has 0 aromatic heterocycles. The van der Waals surface area contributed by atoms with Gasteiger partial charge in [-0.1, -0.05) is 17.9 Å². The van der Waals surface area contributed by atoms with Crippen LogP contribution in [0.2, 0.25) is 0 Å². The van der Waals surface area contributed by atoms with Crippen molar-refractivity contribution >= 4 is 0 Å². The predicted molar refractivity (Wildman–Crippen MR) is 68.2 cm³/mol. The van der Waals surface area contributed by atoms with Gasteiger partial charge in [0.15, 0.2) is 0 Å². The maximum absolute atomic E-state index is 5.85. The summed E-state index contributed by atoms with van der Waals surface area (Å²) in [7, 11) is 0. The van der Waals surface area contributed by atoms with Crippen molar-refractivity contribution in [3.63, 3.8) is 0 Å². The van der Waals surface area contributed by atoms with E-state index < -0.39 is 5.54 Å². The van der Waals surface area contributed by atoms with Crippen LogP contribution in [0.1, 0.15) is 43.4 Å². The highest BCUT2D eigenvalue weighted by atomic mass is 14.7. The highest BCUT2D eigenvalue weighted by Gasteiger charge is 2.09. The predicted octanol–water partition coefficient (Wildman–Crippen LogP) is 2.65. The van der Waals surface area contributed by atoms with E-state index in [1.165, 1.54) is 36.8 Å². The van der Waals surface area contributed by atoms with E-state index in [0.717, 1.165) is 5.56 Å². The molecular weight excluding hydrogens is 194 g/mol. The van der Waals surface area contributed by atoms with Crippen molar-refractivity contribution in [3.05, 3.63) is 34.9 Å². The molecule has 0 radical (unpaired) electrons. The van der Waals surface area contributed by atoms with Crippen LogP contribution in [-0.2, 0) is 12.8 Å². The topological polar surface area (TPSA) is 26.0 Å². The Hall–Kier alpha value is -1.26. The summed E-state index contributed by atoms with van der Waals surface area (Å²) in [5.74, 6) is 6.23. The molecule has 0 unspecified atom stereocenters. The first kappa shape index (κ1) is 11.2. The first-order chi connectivity index (χ1) is 7.54. The van der Waals surface area contributed by atoms with Crippen LogP contribution < -0.4 is 5.73 Å². The minimum Gasteiger partial charge on any atom is -0.316 e. The number of aryl methyl sites for hydroxylation is 2. The summed E-state index contributed by atoms with van der Waals surface area (Å²) < 4.78 is 0. The SMILES string of the molecule is CC(C)(N)C#Cc1ccc2c(c1)CCCC2. The third-order valence-electron chi connectivity index (χ3n) is 2.88. The Bertz CT molecular complexity index is 441. The van der Waals surface area contributed by atoms with Crippen molar-refractivity contribution < 1.29 is 0 Å². The number of hydrogen-bond donors (Lipinski definition) is 1. The second-order valence-corrected chi connectivity index (χ2v) is 5.16. The molecule has 1 heteroatoms. The summed E-state index contributed by atoms with van der Waals surface area (Å²) in [5, 5.41) is 0.